The zero-order valence-corrected chi connectivity index (χ0v) is 15.2. The maximum atomic E-state index is 6.64. The van der Waals surface area contributed by atoms with Gasteiger partial charge in [0.2, 0.25) is 0 Å². The third kappa shape index (κ3) is 2.14. The van der Waals surface area contributed by atoms with Crippen molar-refractivity contribution in [3.63, 3.8) is 0 Å². The largest absolute Gasteiger partial charge is 0.410 e. The van der Waals surface area contributed by atoms with E-state index in [0.717, 1.165) is 45.4 Å². The van der Waals surface area contributed by atoms with Crippen LogP contribution in [0.5, 0.6) is 0 Å². The topological polar surface area (TPSA) is 52.4 Å². The number of rotatable bonds is 2. The maximum Gasteiger partial charge on any atom is 0.184 e. The second-order valence-electron chi connectivity index (χ2n) is 8.79. The lowest BCUT2D eigenvalue weighted by Gasteiger charge is -2.45. The Hall–Kier alpha value is -0.303. The average molecular weight is 324 g/mol. The fourth-order valence-electron chi connectivity index (χ4n) is 5.49. The quantitative estimate of drug-likeness (QED) is 0.732. The summed E-state index contributed by atoms with van der Waals surface area (Å²) in [4.78, 5) is 0. The monoisotopic (exact) mass is 324 g/mol. The Labute approximate surface area is 133 Å². The number of hydrogen-bond acceptors (Lipinski definition) is 5. The van der Waals surface area contributed by atoms with E-state index in [1.165, 1.54) is 0 Å². The SMILES string of the molecule is CC1(O[Si](C)(C)C)C[C@@H]2CC3(CC[C@@]24CN=N[C@@H]14)OCCO3. The van der Waals surface area contributed by atoms with E-state index in [9.17, 15) is 0 Å². The molecule has 2 heterocycles. The lowest BCUT2D eigenvalue weighted by Crippen LogP contribution is -2.51. The predicted molar refractivity (Wildman–Crippen MR) is 85.4 cm³/mol. The van der Waals surface area contributed by atoms with Crippen LogP contribution in [-0.2, 0) is 13.9 Å². The third-order valence-electron chi connectivity index (χ3n) is 6.03. The summed E-state index contributed by atoms with van der Waals surface area (Å²) in [6.07, 6.45) is 4.13. The van der Waals surface area contributed by atoms with Gasteiger partial charge >= 0.3 is 0 Å². The highest BCUT2D eigenvalue weighted by molar-refractivity contribution is 6.69. The molecule has 124 valence electrons. The van der Waals surface area contributed by atoms with Gasteiger partial charge in [-0.25, -0.2) is 0 Å². The molecule has 2 aliphatic heterocycles. The van der Waals surface area contributed by atoms with Crippen LogP contribution in [0.3, 0.4) is 0 Å². The van der Waals surface area contributed by atoms with Gasteiger partial charge in [0.25, 0.3) is 0 Å². The van der Waals surface area contributed by atoms with Crippen molar-refractivity contribution in [2.24, 2.45) is 21.6 Å². The maximum absolute atomic E-state index is 6.64. The zero-order valence-electron chi connectivity index (χ0n) is 14.2. The van der Waals surface area contributed by atoms with Gasteiger partial charge in [0, 0.05) is 18.3 Å². The molecule has 0 aromatic carbocycles. The molecule has 0 aromatic heterocycles. The summed E-state index contributed by atoms with van der Waals surface area (Å²) < 4.78 is 18.6. The summed E-state index contributed by atoms with van der Waals surface area (Å²) in [6, 6.07) is 0.218. The van der Waals surface area contributed by atoms with Gasteiger partial charge in [-0.05, 0) is 45.3 Å². The standard InChI is InChI=1S/C16H28N2O3Si/c1-14(21-22(2,3)4)9-12-10-16(19-7-8-20-16)6-5-15(12)11-17-18-13(14)15/h12-13H,5-11H2,1-4H3/t12-,13+,14?,15-/m1/s1. The average Bonchev–Trinajstić information content (AvgIpc) is 3.03. The highest BCUT2D eigenvalue weighted by atomic mass is 28.4. The van der Waals surface area contributed by atoms with Crippen molar-refractivity contribution in [3.8, 4) is 0 Å². The smallest absolute Gasteiger partial charge is 0.184 e. The van der Waals surface area contributed by atoms with E-state index in [1.54, 1.807) is 0 Å². The van der Waals surface area contributed by atoms with Crippen LogP contribution in [0.25, 0.3) is 0 Å². The van der Waals surface area contributed by atoms with Gasteiger partial charge in [0.15, 0.2) is 14.1 Å². The Kier molecular flexibility index (Phi) is 3.20. The summed E-state index contributed by atoms with van der Waals surface area (Å²) >= 11 is 0. The molecule has 6 heteroatoms. The Morgan fingerprint density at radius 2 is 1.82 bits per heavy atom. The number of ether oxygens (including phenoxy) is 2. The van der Waals surface area contributed by atoms with Crippen LogP contribution in [0.1, 0.15) is 32.6 Å². The van der Waals surface area contributed by atoms with Gasteiger partial charge < -0.3 is 13.9 Å². The van der Waals surface area contributed by atoms with Crippen LogP contribution >= 0.6 is 0 Å². The molecule has 5 nitrogen and oxygen atoms in total. The van der Waals surface area contributed by atoms with Gasteiger partial charge in [0.05, 0.1) is 25.4 Å². The minimum absolute atomic E-state index is 0.167. The molecule has 22 heavy (non-hydrogen) atoms. The van der Waals surface area contributed by atoms with Gasteiger partial charge in [0.1, 0.15) is 6.04 Å². The van der Waals surface area contributed by atoms with Crippen molar-refractivity contribution in [1.82, 2.24) is 0 Å². The number of azo groups is 1. The van der Waals surface area contributed by atoms with Crippen molar-refractivity contribution < 1.29 is 13.9 Å². The first-order valence-electron chi connectivity index (χ1n) is 8.62. The normalized spacial score (nSPS) is 46.2. The fourth-order valence-corrected chi connectivity index (χ4v) is 7.09. The molecule has 0 amide bonds. The van der Waals surface area contributed by atoms with E-state index in [0.29, 0.717) is 5.92 Å². The molecule has 2 spiro atoms. The second-order valence-corrected chi connectivity index (χ2v) is 13.2. The Morgan fingerprint density at radius 1 is 1.09 bits per heavy atom. The summed E-state index contributed by atoms with van der Waals surface area (Å²) in [6.45, 7) is 11.4. The molecular weight excluding hydrogens is 296 g/mol. The molecular formula is C16H28N2O3Si. The molecule has 1 saturated heterocycles. The van der Waals surface area contributed by atoms with Crippen molar-refractivity contribution in [1.29, 1.82) is 0 Å². The van der Waals surface area contributed by atoms with Crippen molar-refractivity contribution in [2.45, 2.75) is 69.7 Å². The lowest BCUT2D eigenvalue weighted by atomic mass is 9.65. The predicted octanol–water partition coefficient (Wildman–Crippen LogP) is 3.36. The van der Waals surface area contributed by atoms with Crippen molar-refractivity contribution in [3.05, 3.63) is 0 Å². The lowest BCUT2D eigenvalue weighted by molar-refractivity contribution is -0.202. The Bertz CT molecular complexity index is 500. The van der Waals surface area contributed by atoms with E-state index in [4.69, 9.17) is 13.9 Å². The van der Waals surface area contributed by atoms with Crippen LogP contribution in [0.4, 0.5) is 0 Å². The van der Waals surface area contributed by atoms with Gasteiger partial charge in [-0.3, -0.25) is 0 Å². The first-order valence-corrected chi connectivity index (χ1v) is 12.0. The molecule has 2 saturated carbocycles. The summed E-state index contributed by atoms with van der Waals surface area (Å²) in [7, 11) is -1.63. The molecule has 0 radical (unpaired) electrons. The minimum atomic E-state index is -1.63. The molecule has 2 aliphatic carbocycles. The Balaban J connectivity index is 1.63. The summed E-state index contributed by atoms with van der Waals surface area (Å²) in [5.74, 6) is 0.216. The Morgan fingerprint density at radius 3 is 2.50 bits per heavy atom. The molecule has 4 aliphatic rings. The summed E-state index contributed by atoms with van der Waals surface area (Å²) in [5.41, 5.74) is 0.0221. The van der Waals surface area contributed by atoms with E-state index in [-0.39, 0.29) is 22.8 Å². The summed E-state index contributed by atoms with van der Waals surface area (Å²) in [5, 5.41) is 9.13. The molecule has 4 rings (SSSR count). The number of nitrogens with zero attached hydrogens (tertiary/aromatic N) is 2. The van der Waals surface area contributed by atoms with E-state index < -0.39 is 8.32 Å². The zero-order chi connectivity index (χ0) is 15.6. The minimum Gasteiger partial charge on any atom is -0.410 e. The third-order valence-corrected chi connectivity index (χ3v) is 7.11. The van der Waals surface area contributed by atoms with Gasteiger partial charge in [-0.1, -0.05) is 0 Å². The molecule has 0 aromatic rings. The van der Waals surface area contributed by atoms with E-state index in [2.05, 4.69) is 36.8 Å². The molecule has 1 unspecified atom stereocenters. The highest BCUT2D eigenvalue weighted by Crippen LogP contribution is 2.63. The first-order chi connectivity index (χ1) is 10.3. The van der Waals surface area contributed by atoms with E-state index in [1.807, 2.05) is 0 Å². The van der Waals surface area contributed by atoms with Gasteiger partial charge in [-0.15, -0.1) is 0 Å². The van der Waals surface area contributed by atoms with Crippen LogP contribution in [0.15, 0.2) is 10.2 Å². The van der Waals surface area contributed by atoms with E-state index >= 15 is 0 Å². The molecule has 4 atom stereocenters. The first kappa shape index (κ1) is 15.2. The molecule has 3 fully saturated rings. The van der Waals surface area contributed by atoms with Gasteiger partial charge in [-0.2, -0.15) is 10.2 Å². The van der Waals surface area contributed by atoms with Crippen molar-refractivity contribution in [2.75, 3.05) is 19.8 Å². The highest BCUT2D eigenvalue weighted by Gasteiger charge is 2.67. The fraction of sp³-hybridized carbons (Fsp3) is 1.00. The number of hydrogen-bond donors (Lipinski definition) is 0. The second kappa shape index (κ2) is 4.62. The molecule has 0 N–H and O–H groups in total. The molecule has 0 bridgehead atoms. The van der Waals surface area contributed by atoms with Crippen molar-refractivity contribution >= 4 is 8.32 Å². The van der Waals surface area contributed by atoms with Crippen LogP contribution in [-0.4, -0.2) is 45.5 Å². The van der Waals surface area contributed by atoms with Crippen LogP contribution in [0.2, 0.25) is 19.6 Å². The van der Waals surface area contributed by atoms with Crippen LogP contribution in [0, 0.1) is 11.3 Å². The van der Waals surface area contributed by atoms with Crippen LogP contribution < -0.4 is 0 Å².